The summed E-state index contributed by atoms with van der Waals surface area (Å²) < 4.78 is 10.4. The second kappa shape index (κ2) is 8.57. The van der Waals surface area contributed by atoms with Gasteiger partial charge in [0.15, 0.2) is 0 Å². The van der Waals surface area contributed by atoms with Crippen LogP contribution in [0, 0.1) is 5.92 Å². The van der Waals surface area contributed by atoms with Crippen molar-refractivity contribution in [3.63, 3.8) is 0 Å². The molecule has 0 saturated heterocycles. The summed E-state index contributed by atoms with van der Waals surface area (Å²) in [6, 6.07) is 4.58. The summed E-state index contributed by atoms with van der Waals surface area (Å²) in [6.07, 6.45) is 5.22. The van der Waals surface area contributed by atoms with Crippen LogP contribution in [0.1, 0.15) is 48.9 Å². The smallest absolute Gasteiger partial charge is 0.308 e. The lowest BCUT2D eigenvalue weighted by molar-refractivity contribution is -0.143. The van der Waals surface area contributed by atoms with E-state index in [0.717, 1.165) is 25.7 Å². The number of hydrogen-bond acceptors (Lipinski definition) is 4. The molecule has 0 spiro atoms. The van der Waals surface area contributed by atoms with Gasteiger partial charge in [0.1, 0.15) is 11.5 Å². The summed E-state index contributed by atoms with van der Waals surface area (Å²) in [6.45, 7) is 0. The van der Waals surface area contributed by atoms with Crippen LogP contribution < -0.4 is 14.8 Å². The van der Waals surface area contributed by atoms with Crippen LogP contribution in [-0.4, -0.2) is 37.2 Å². The summed E-state index contributed by atoms with van der Waals surface area (Å²) in [4.78, 5) is 24.2. The van der Waals surface area contributed by atoms with E-state index in [4.69, 9.17) is 9.47 Å². The molecule has 6 nitrogen and oxygen atoms in total. The van der Waals surface area contributed by atoms with Crippen molar-refractivity contribution in [2.45, 2.75) is 44.6 Å². The third-order valence-corrected chi connectivity index (χ3v) is 4.51. The van der Waals surface area contributed by atoms with E-state index >= 15 is 0 Å². The Bertz CT molecular complexity index is 565. The highest BCUT2D eigenvalue weighted by molar-refractivity contribution is 5.95. The quantitative estimate of drug-likeness (QED) is 0.864. The van der Waals surface area contributed by atoms with Crippen LogP contribution in [0.25, 0.3) is 0 Å². The van der Waals surface area contributed by atoms with Gasteiger partial charge < -0.3 is 19.9 Å². The second-order valence-corrected chi connectivity index (χ2v) is 6.12. The van der Waals surface area contributed by atoms with Gasteiger partial charge in [-0.2, -0.15) is 0 Å². The van der Waals surface area contributed by atoms with Crippen molar-refractivity contribution < 1.29 is 24.2 Å². The van der Waals surface area contributed by atoms with E-state index in [1.54, 1.807) is 18.2 Å². The van der Waals surface area contributed by atoms with Crippen LogP contribution in [0.15, 0.2) is 18.2 Å². The minimum atomic E-state index is -0.842. The van der Waals surface area contributed by atoms with Crippen LogP contribution in [0.2, 0.25) is 0 Å². The minimum Gasteiger partial charge on any atom is -0.497 e. The molecule has 1 aromatic carbocycles. The van der Waals surface area contributed by atoms with E-state index < -0.39 is 11.9 Å². The van der Waals surface area contributed by atoms with E-state index in [2.05, 4.69) is 5.32 Å². The molecule has 2 atom stereocenters. The molecule has 1 aliphatic rings. The first-order chi connectivity index (χ1) is 11.5. The number of amides is 1. The van der Waals surface area contributed by atoms with Gasteiger partial charge in [0, 0.05) is 17.7 Å². The van der Waals surface area contributed by atoms with Gasteiger partial charge in [-0.3, -0.25) is 9.59 Å². The van der Waals surface area contributed by atoms with E-state index in [-0.39, 0.29) is 11.9 Å². The Balaban J connectivity index is 2.17. The Hall–Kier alpha value is -2.24. The fourth-order valence-corrected chi connectivity index (χ4v) is 3.14. The summed E-state index contributed by atoms with van der Waals surface area (Å²) in [5.41, 5.74) is 0.400. The van der Waals surface area contributed by atoms with Gasteiger partial charge in [0.25, 0.3) is 5.91 Å². The number of rotatable bonds is 5. The zero-order valence-electron chi connectivity index (χ0n) is 14.2. The van der Waals surface area contributed by atoms with E-state index in [1.165, 1.54) is 14.2 Å². The molecule has 1 aliphatic carbocycles. The molecular weight excluding hydrogens is 310 g/mol. The molecule has 6 heteroatoms. The highest BCUT2D eigenvalue weighted by Crippen LogP contribution is 2.25. The van der Waals surface area contributed by atoms with Gasteiger partial charge in [-0.15, -0.1) is 0 Å². The first-order valence-corrected chi connectivity index (χ1v) is 8.32. The Labute approximate surface area is 142 Å². The Morgan fingerprint density at radius 3 is 2.12 bits per heavy atom. The highest BCUT2D eigenvalue weighted by atomic mass is 16.5. The number of carbonyl (C=O) groups excluding carboxylic acids is 1. The van der Waals surface area contributed by atoms with Crippen LogP contribution >= 0.6 is 0 Å². The standard InChI is InChI=1S/C18H25NO5/c1-23-13-9-12(10-14(11-13)24-2)17(20)19-16-8-6-4-3-5-7-15(16)18(21)22/h9-11,15-16H,3-8H2,1-2H3,(H,19,20)(H,21,22). The number of carbonyl (C=O) groups is 2. The molecule has 1 aromatic rings. The van der Waals surface area contributed by atoms with E-state index in [0.29, 0.717) is 29.9 Å². The first kappa shape index (κ1) is 18.1. The monoisotopic (exact) mass is 335 g/mol. The van der Waals surface area contributed by atoms with Gasteiger partial charge >= 0.3 is 5.97 Å². The number of carboxylic acids is 1. The second-order valence-electron chi connectivity index (χ2n) is 6.12. The molecule has 2 unspecified atom stereocenters. The van der Waals surface area contributed by atoms with Gasteiger partial charge in [0.05, 0.1) is 20.1 Å². The molecule has 0 radical (unpaired) electrons. The zero-order valence-corrected chi connectivity index (χ0v) is 14.2. The maximum atomic E-state index is 12.6. The lowest BCUT2D eigenvalue weighted by Gasteiger charge is -2.27. The highest BCUT2D eigenvalue weighted by Gasteiger charge is 2.30. The topological polar surface area (TPSA) is 84.9 Å². The average molecular weight is 335 g/mol. The van der Waals surface area contributed by atoms with Gasteiger partial charge in [-0.25, -0.2) is 0 Å². The van der Waals surface area contributed by atoms with Crippen molar-refractivity contribution in [1.82, 2.24) is 5.32 Å². The predicted molar refractivity (Wildman–Crippen MR) is 89.6 cm³/mol. The molecule has 0 aliphatic heterocycles. The lowest BCUT2D eigenvalue weighted by atomic mass is 9.86. The average Bonchev–Trinajstić information content (AvgIpc) is 2.56. The van der Waals surface area contributed by atoms with Gasteiger partial charge in [0.2, 0.25) is 0 Å². The lowest BCUT2D eigenvalue weighted by Crippen LogP contribution is -2.43. The maximum Gasteiger partial charge on any atom is 0.308 e. The Kier molecular flexibility index (Phi) is 6.46. The molecule has 0 bridgehead atoms. The van der Waals surface area contributed by atoms with Crippen molar-refractivity contribution >= 4 is 11.9 Å². The number of benzene rings is 1. The minimum absolute atomic E-state index is 0.302. The molecule has 1 saturated carbocycles. The van der Waals surface area contributed by atoms with Crippen molar-refractivity contribution in [2.24, 2.45) is 5.92 Å². The maximum absolute atomic E-state index is 12.6. The van der Waals surface area contributed by atoms with Crippen LogP contribution in [0.5, 0.6) is 11.5 Å². The number of methoxy groups -OCH3 is 2. The molecule has 0 heterocycles. The number of ether oxygens (including phenoxy) is 2. The fraction of sp³-hybridized carbons (Fsp3) is 0.556. The summed E-state index contributed by atoms with van der Waals surface area (Å²) >= 11 is 0. The molecule has 24 heavy (non-hydrogen) atoms. The molecule has 0 aromatic heterocycles. The third-order valence-electron chi connectivity index (χ3n) is 4.51. The van der Waals surface area contributed by atoms with Crippen molar-refractivity contribution in [3.05, 3.63) is 23.8 Å². The molecule has 2 rings (SSSR count). The largest absolute Gasteiger partial charge is 0.497 e. The van der Waals surface area contributed by atoms with Crippen molar-refractivity contribution in [1.29, 1.82) is 0 Å². The molecular formula is C18H25NO5. The first-order valence-electron chi connectivity index (χ1n) is 8.32. The SMILES string of the molecule is COc1cc(OC)cc(C(=O)NC2CCCCCCC2C(=O)O)c1. The summed E-state index contributed by atoms with van der Waals surface area (Å²) in [5, 5.41) is 12.4. The van der Waals surface area contributed by atoms with Crippen LogP contribution in [0.3, 0.4) is 0 Å². The number of hydrogen-bond donors (Lipinski definition) is 2. The number of aliphatic carboxylic acids is 1. The van der Waals surface area contributed by atoms with Gasteiger partial charge in [-0.1, -0.05) is 25.7 Å². The summed E-state index contributed by atoms with van der Waals surface area (Å²) in [5.74, 6) is -0.643. The molecule has 2 N–H and O–H groups in total. The Morgan fingerprint density at radius 1 is 1.00 bits per heavy atom. The number of nitrogens with one attached hydrogen (secondary N) is 1. The zero-order chi connectivity index (χ0) is 17.5. The van der Waals surface area contributed by atoms with Crippen molar-refractivity contribution in [2.75, 3.05) is 14.2 Å². The number of carboxylic acid groups (broad SMARTS) is 1. The Morgan fingerprint density at radius 2 is 1.58 bits per heavy atom. The van der Waals surface area contributed by atoms with Crippen molar-refractivity contribution in [3.8, 4) is 11.5 Å². The van der Waals surface area contributed by atoms with E-state index in [1.807, 2.05) is 0 Å². The van der Waals surface area contributed by atoms with E-state index in [9.17, 15) is 14.7 Å². The molecule has 1 fully saturated rings. The summed E-state index contributed by atoms with van der Waals surface area (Å²) in [7, 11) is 3.04. The molecule has 1 amide bonds. The van der Waals surface area contributed by atoms with Crippen LogP contribution in [-0.2, 0) is 4.79 Å². The predicted octanol–water partition coefficient (Wildman–Crippen LogP) is 2.86. The van der Waals surface area contributed by atoms with Crippen LogP contribution in [0.4, 0.5) is 0 Å². The fourth-order valence-electron chi connectivity index (χ4n) is 3.14. The normalized spacial score (nSPS) is 21.2. The van der Waals surface area contributed by atoms with Gasteiger partial charge in [-0.05, 0) is 25.0 Å². The third kappa shape index (κ3) is 4.63. The molecule has 132 valence electrons.